The van der Waals surface area contributed by atoms with Crippen molar-refractivity contribution in [2.45, 2.75) is 19.8 Å². The van der Waals surface area contributed by atoms with Gasteiger partial charge in [0.2, 0.25) is 0 Å². The van der Waals surface area contributed by atoms with Crippen LogP contribution in [0.25, 0.3) is 11.0 Å². The average Bonchev–Trinajstić information content (AvgIpc) is 2.50. The van der Waals surface area contributed by atoms with E-state index in [1.54, 1.807) is 12.5 Å². The lowest BCUT2D eigenvalue weighted by atomic mass is 10.0. The zero-order chi connectivity index (χ0) is 9.42. The summed E-state index contributed by atoms with van der Waals surface area (Å²) in [5.41, 5.74) is 7.64. The van der Waals surface area contributed by atoms with Crippen molar-refractivity contribution in [2.75, 3.05) is 5.73 Å². The monoisotopic (exact) mass is 176 g/mol. The lowest BCUT2D eigenvalue weighted by Gasteiger charge is -2.07. The number of pyridine rings is 1. The summed E-state index contributed by atoms with van der Waals surface area (Å²) in [6.07, 6.45) is 3.40. The van der Waals surface area contributed by atoms with Crippen LogP contribution in [0.5, 0.6) is 0 Å². The van der Waals surface area contributed by atoms with Crippen molar-refractivity contribution < 1.29 is 4.42 Å². The Bertz CT molecular complexity index is 431. The molecule has 0 aliphatic rings. The van der Waals surface area contributed by atoms with Crippen molar-refractivity contribution in [3.63, 3.8) is 0 Å². The summed E-state index contributed by atoms with van der Waals surface area (Å²) in [5, 5.41) is 1.01. The van der Waals surface area contributed by atoms with Crippen LogP contribution in [-0.4, -0.2) is 4.98 Å². The third-order valence-electron chi connectivity index (χ3n) is 2.14. The van der Waals surface area contributed by atoms with Gasteiger partial charge in [-0.1, -0.05) is 13.8 Å². The Labute approximate surface area is 76.6 Å². The average molecular weight is 176 g/mol. The second kappa shape index (κ2) is 2.76. The molecule has 0 radical (unpaired) electrons. The SMILES string of the molecule is CC(C)c1c(N)ncc2ccoc12. The molecule has 2 aromatic heterocycles. The summed E-state index contributed by atoms with van der Waals surface area (Å²) < 4.78 is 5.37. The summed E-state index contributed by atoms with van der Waals surface area (Å²) >= 11 is 0. The van der Waals surface area contributed by atoms with E-state index >= 15 is 0 Å². The number of furan rings is 1. The van der Waals surface area contributed by atoms with Gasteiger partial charge in [-0.2, -0.15) is 0 Å². The molecule has 0 fully saturated rings. The number of hydrogen-bond acceptors (Lipinski definition) is 3. The number of nitrogens with zero attached hydrogens (tertiary/aromatic N) is 1. The first-order valence-corrected chi connectivity index (χ1v) is 4.31. The third-order valence-corrected chi connectivity index (χ3v) is 2.14. The largest absolute Gasteiger partial charge is 0.464 e. The van der Waals surface area contributed by atoms with E-state index in [0.717, 1.165) is 16.5 Å². The van der Waals surface area contributed by atoms with Gasteiger partial charge in [-0.3, -0.25) is 0 Å². The Morgan fingerprint density at radius 1 is 1.46 bits per heavy atom. The summed E-state index contributed by atoms with van der Waals surface area (Å²) in [4.78, 5) is 4.12. The molecule has 0 unspecified atom stereocenters. The first-order valence-electron chi connectivity index (χ1n) is 4.31. The summed E-state index contributed by atoms with van der Waals surface area (Å²) in [5.74, 6) is 0.903. The van der Waals surface area contributed by atoms with Crippen molar-refractivity contribution in [1.82, 2.24) is 4.98 Å². The second-order valence-electron chi connectivity index (χ2n) is 3.42. The Morgan fingerprint density at radius 3 is 2.92 bits per heavy atom. The first-order chi connectivity index (χ1) is 6.20. The molecule has 3 heteroatoms. The van der Waals surface area contributed by atoms with Crippen molar-refractivity contribution in [1.29, 1.82) is 0 Å². The smallest absolute Gasteiger partial charge is 0.142 e. The molecule has 0 aliphatic heterocycles. The highest BCUT2D eigenvalue weighted by molar-refractivity contribution is 5.83. The van der Waals surface area contributed by atoms with Crippen LogP contribution in [0.1, 0.15) is 25.3 Å². The summed E-state index contributed by atoms with van der Waals surface area (Å²) in [6, 6.07) is 1.90. The van der Waals surface area contributed by atoms with Gasteiger partial charge < -0.3 is 10.2 Å². The minimum atomic E-state index is 0.336. The molecule has 2 rings (SSSR count). The molecule has 0 aromatic carbocycles. The molecule has 0 atom stereocenters. The fraction of sp³-hybridized carbons (Fsp3) is 0.300. The van der Waals surface area contributed by atoms with E-state index in [1.165, 1.54) is 0 Å². The molecule has 0 aliphatic carbocycles. The van der Waals surface area contributed by atoms with Crippen LogP contribution in [0.2, 0.25) is 0 Å². The lowest BCUT2D eigenvalue weighted by molar-refractivity contribution is 0.607. The van der Waals surface area contributed by atoms with Gasteiger partial charge in [0.15, 0.2) is 0 Å². The molecule has 0 saturated heterocycles. The molecular formula is C10H12N2O. The second-order valence-corrected chi connectivity index (χ2v) is 3.42. The number of fused-ring (bicyclic) bond motifs is 1. The molecule has 2 heterocycles. The predicted octanol–water partition coefficient (Wildman–Crippen LogP) is 2.53. The zero-order valence-electron chi connectivity index (χ0n) is 7.74. The van der Waals surface area contributed by atoms with Crippen molar-refractivity contribution in [3.05, 3.63) is 24.1 Å². The van der Waals surface area contributed by atoms with E-state index in [2.05, 4.69) is 18.8 Å². The molecule has 13 heavy (non-hydrogen) atoms. The Kier molecular flexibility index (Phi) is 1.72. The standard InChI is InChI=1S/C10H12N2O/c1-6(2)8-9-7(3-4-13-9)5-12-10(8)11/h3-6H,1-2H3,(H2,11,12). The maximum Gasteiger partial charge on any atom is 0.142 e. The van der Waals surface area contributed by atoms with Crippen LogP contribution in [0, 0.1) is 0 Å². The first kappa shape index (κ1) is 8.10. The van der Waals surface area contributed by atoms with Gasteiger partial charge in [0.1, 0.15) is 11.4 Å². The number of nitrogens with two attached hydrogens (primary N) is 1. The fourth-order valence-electron chi connectivity index (χ4n) is 1.52. The molecule has 0 bridgehead atoms. The van der Waals surface area contributed by atoms with Crippen LogP contribution in [0.4, 0.5) is 5.82 Å². The Morgan fingerprint density at radius 2 is 2.23 bits per heavy atom. The van der Waals surface area contributed by atoms with Crippen LogP contribution in [-0.2, 0) is 0 Å². The minimum absolute atomic E-state index is 0.336. The van der Waals surface area contributed by atoms with E-state index in [4.69, 9.17) is 10.2 Å². The Balaban J connectivity index is 2.80. The summed E-state index contributed by atoms with van der Waals surface area (Å²) in [6.45, 7) is 4.16. The number of aromatic nitrogens is 1. The van der Waals surface area contributed by atoms with Crippen LogP contribution >= 0.6 is 0 Å². The summed E-state index contributed by atoms with van der Waals surface area (Å²) in [7, 11) is 0. The minimum Gasteiger partial charge on any atom is -0.464 e. The molecule has 0 spiro atoms. The van der Waals surface area contributed by atoms with E-state index in [9.17, 15) is 0 Å². The van der Waals surface area contributed by atoms with E-state index in [-0.39, 0.29) is 0 Å². The van der Waals surface area contributed by atoms with Crippen molar-refractivity contribution in [2.24, 2.45) is 0 Å². The van der Waals surface area contributed by atoms with Crippen LogP contribution in [0.15, 0.2) is 22.9 Å². The number of anilines is 1. The molecule has 2 N–H and O–H groups in total. The highest BCUT2D eigenvalue weighted by atomic mass is 16.3. The fourth-order valence-corrected chi connectivity index (χ4v) is 1.52. The lowest BCUT2D eigenvalue weighted by Crippen LogP contribution is -1.99. The molecule has 3 nitrogen and oxygen atoms in total. The van der Waals surface area contributed by atoms with Crippen LogP contribution < -0.4 is 5.73 Å². The molecular weight excluding hydrogens is 164 g/mol. The number of nitrogen functional groups attached to an aromatic ring is 1. The van der Waals surface area contributed by atoms with Crippen molar-refractivity contribution in [3.8, 4) is 0 Å². The molecule has 2 aromatic rings. The van der Waals surface area contributed by atoms with Crippen LogP contribution in [0.3, 0.4) is 0 Å². The third kappa shape index (κ3) is 1.16. The van der Waals surface area contributed by atoms with E-state index < -0.39 is 0 Å². The zero-order valence-corrected chi connectivity index (χ0v) is 7.74. The van der Waals surface area contributed by atoms with Crippen molar-refractivity contribution >= 4 is 16.8 Å². The van der Waals surface area contributed by atoms with Gasteiger partial charge in [-0.25, -0.2) is 4.98 Å². The van der Waals surface area contributed by atoms with Gasteiger partial charge in [-0.05, 0) is 12.0 Å². The van der Waals surface area contributed by atoms with E-state index in [0.29, 0.717) is 11.7 Å². The topological polar surface area (TPSA) is 52.0 Å². The van der Waals surface area contributed by atoms with Gasteiger partial charge in [0, 0.05) is 17.1 Å². The maximum atomic E-state index is 5.78. The number of rotatable bonds is 1. The quantitative estimate of drug-likeness (QED) is 0.726. The number of hydrogen-bond donors (Lipinski definition) is 1. The highest BCUT2D eigenvalue weighted by Gasteiger charge is 2.12. The molecule has 68 valence electrons. The van der Waals surface area contributed by atoms with E-state index in [1.807, 2.05) is 6.07 Å². The van der Waals surface area contributed by atoms with Gasteiger partial charge >= 0.3 is 0 Å². The highest BCUT2D eigenvalue weighted by Crippen LogP contribution is 2.29. The molecule has 0 amide bonds. The van der Waals surface area contributed by atoms with Gasteiger partial charge in [0.05, 0.1) is 6.26 Å². The normalized spacial score (nSPS) is 11.3. The van der Waals surface area contributed by atoms with Gasteiger partial charge in [0.25, 0.3) is 0 Å². The van der Waals surface area contributed by atoms with Gasteiger partial charge in [-0.15, -0.1) is 0 Å². The molecule has 0 saturated carbocycles. The predicted molar refractivity (Wildman–Crippen MR) is 52.5 cm³/mol. The maximum absolute atomic E-state index is 5.78. The Hall–Kier alpha value is -1.51.